The highest BCUT2D eigenvalue weighted by Gasteiger charge is 2.33. The first kappa shape index (κ1) is 30.2. The summed E-state index contributed by atoms with van der Waals surface area (Å²) >= 11 is 0. The summed E-state index contributed by atoms with van der Waals surface area (Å²) in [5.74, 6) is 0.558. The van der Waals surface area contributed by atoms with E-state index in [4.69, 9.17) is 18.8 Å². The van der Waals surface area contributed by atoms with Gasteiger partial charge in [0.15, 0.2) is 0 Å². The number of hydrogen-bond donors (Lipinski definition) is 1. The molecule has 9 heteroatoms. The van der Waals surface area contributed by atoms with Crippen LogP contribution >= 0.6 is 0 Å². The summed E-state index contributed by atoms with van der Waals surface area (Å²) in [5.41, 5.74) is 6.41. The topological polar surface area (TPSA) is 94.5 Å². The van der Waals surface area contributed by atoms with E-state index in [1.807, 2.05) is 12.1 Å². The third-order valence-corrected chi connectivity index (χ3v) is 7.07. The summed E-state index contributed by atoms with van der Waals surface area (Å²) in [6.07, 6.45) is 0.552. The highest BCUT2D eigenvalue weighted by Crippen LogP contribution is 2.35. The van der Waals surface area contributed by atoms with E-state index in [9.17, 15) is 14.7 Å². The van der Waals surface area contributed by atoms with Crippen molar-refractivity contribution in [3.8, 4) is 22.6 Å². The van der Waals surface area contributed by atoms with Crippen molar-refractivity contribution >= 4 is 24.5 Å². The van der Waals surface area contributed by atoms with Crippen LogP contribution in [0, 0.1) is 20.8 Å². The summed E-state index contributed by atoms with van der Waals surface area (Å²) in [7, 11) is 0.574. The summed E-state index contributed by atoms with van der Waals surface area (Å²) in [4.78, 5) is 25.6. The fraction of sp³-hybridized carbons (Fsp3) is 0.375. The minimum atomic E-state index is -1.08. The van der Waals surface area contributed by atoms with Gasteiger partial charge in [-0.15, -0.1) is 0 Å². The Morgan fingerprint density at radius 2 is 1.59 bits per heavy atom. The van der Waals surface area contributed by atoms with Gasteiger partial charge in [-0.1, -0.05) is 30.3 Å². The summed E-state index contributed by atoms with van der Waals surface area (Å²) < 4.78 is 22.7. The lowest BCUT2D eigenvalue weighted by atomic mass is 9.78. The minimum absolute atomic E-state index is 0.0194. The number of carbonyl (C=O) groups excluding carboxylic acids is 2. The number of nitrogens with zero attached hydrogens (tertiary/aromatic N) is 1. The molecule has 3 aromatic carbocycles. The van der Waals surface area contributed by atoms with Crippen LogP contribution in [0.4, 0.5) is 0 Å². The second-order valence-electron chi connectivity index (χ2n) is 11.3. The Labute approximate surface area is 242 Å². The Bertz CT molecular complexity index is 1380. The highest BCUT2D eigenvalue weighted by molar-refractivity contribution is 6.64. The fourth-order valence-electron chi connectivity index (χ4n) is 4.72. The van der Waals surface area contributed by atoms with Gasteiger partial charge in [0.1, 0.15) is 18.1 Å². The van der Waals surface area contributed by atoms with Crippen molar-refractivity contribution in [1.82, 2.24) is 4.90 Å². The lowest BCUT2D eigenvalue weighted by Gasteiger charge is -2.22. The molecule has 0 aliphatic carbocycles. The highest BCUT2D eigenvalue weighted by atomic mass is 16.6. The number of aliphatic hydroxyl groups is 1. The quantitative estimate of drug-likeness (QED) is 0.392. The molecule has 1 heterocycles. The molecule has 0 bridgehead atoms. The first-order valence-corrected chi connectivity index (χ1v) is 13.7. The zero-order chi connectivity index (χ0) is 29.7. The van der Waals surface area contributed by atoms with Crippen LogP contribution in [0.15, 0.2) is 54.6 Å². The van der Waals surface area contributed by atoms with E-state index >= 15 is 0 Å². The smallest absolute Gasteiger partial charge is 0.494 e. The zero-order valence-corrected chi connectivity index (χ0v) is 24.7. The minimum Gasteiger partial charge on any atom is -0.494 e. The molecule has 1 aliphatic heterocycles. The molecule has 41 heavy (non-hydrogen) atoms. The molecule has 1 fully saturated rings. The molecule has 1 N–H and O–H groups in total. The van der Waals surface area contributed by atoms with Crippen LogP contribution in [0.1, 0.15) is 42.5 Å². The van der Waals surface area contributed by atoms with Crippen molar-refractivity contribution in [2.45, 2.75) is 53.2 Å². The first-order valence-electron chi connectivity index (χ1n) is 13.7. The third-order valence-electron chi connectivity index (χ3n) is 7.07. The van der Waals surface area contributed by atoms with E-state index in [0.717, 1.165) is 39.1 Å². The molecule has 0 radical (unpaired) electrons. The molecule has 1 saturated heterocycles. The SMILES string of the molecule is Cc1cc(OCCC(C)(C)O)c(C)c(C)c1-c1cccc(COc2ccc(B3OC(=O)CN(C)CC(=O)O3)cc2)c1. The van der Waals surface area contributed by atoms with Crippen molar-refractivity contribution in [2.75, 3.05) is 26.7 Å². The van der Waals surface area contributed by atoms with Gasteiger partial charge in [-0.3, -0.25) is 14.5 Å². The van der Waals surface area contributed by atoms with E-state index in [2.05, 4.69) is 39.0 Å². The Kier molecular flexibility index (Phi) is 9.40. The average Bonchev–Trinajstić information content (AvgIpc) is 2.89. The van der Waals surface area contributed by atoms with Gasteiger partial charge in [0.25, 0.3) is 0 Å². The lowest BCUT2D eigenvalue weighted by Crippen LogP contribution is -2.47. The Balaban J connectivity index is 1.43. The van der Waals surface area contributed by atoms with Gasteiger partial charge in [0.05, 0.1) is 25.3 Å². The van der Waals surface area contributed by atoms with Crippen LogP contribution in [-0.2, 0) is 25.5 Å². The molecular formula is C32H38BNO7. The number of aryl methyl sites for hydroxylation is 1. The zero-order valence-electron chi connectivity index (χ0n) is 24.7. The summed E-state index contributed by atoms with van der Waals surface area (Å²) in [6.45, 7) is 10.7. The molecule has 0 spiro atoms. The molecule has 8 nitrogen and oxygen atoms in total. The largest absolute Gasteiger partial charge is 0.636 e. The molecule has 4 rings (SSSR count). The van der Waals surface area contributed by atoms with Gasteiger partial charge in [0.2, 0.25) is 0 Å². The van der Waals surface area contributed by atoms with E-state index in [-0.39, 0.29) is 13.1 Å². The maximum absolute atomic E-state index is 12.1. The summed E-state index contributed by atoms with van der Waals surface area (Å²) in [6, 6.07) is 17.3. The predicted octanol–water partition coefficient (Wildman–Crippen LogP) is 4.12. The van der Waals surface area contributed by atoms with Crippen molar-refractivity contribution in [2.24, 2.45) is 0 Å². The van der Waals surface area contributed by atoms with Gasteiger partial charge in [-0.2, -0.15) is 0 Å². The number of likely N-dealkylation sites (N-methyl/N-ethyl adjacent to an activating group) is 1. The van der Waals surface area contributed by atoms with Crippen LogP contribution in [0.25, 0.3) is 11.1 Å². The van der Waals surface area contributed by atoms with E-state index in [1.165, 1.54) is 0 Å². The maximum atomic E-state index is 12.1. The standard InChI is InChI=1S/C32H38BNO7/c1-21-16-28(38-15-14-32(4,5)37)22(2)23(3)31(21)25-9-7-8-24(17-25)20-39-27-12-10-26(11-13-27)33-40-29(35)18-34(6)19-30(36)41-33/h7-13,16-17,37H,14-15,18-20H2,1-6H3. The van der Waals surface area contributed by atoms with E-state index in [1.54, 1.807) is 50.1 Å². The average molecular weight is 559 g/mol. The van der Waals surface area contributed by atoms with Crippen LogP contribution < -0.4 is 14.9 Å². The molecule has 0 unspecified atom stereocenters. The van der Waals surface area contributed by atoms with Gasteiger partial charge < -0.3 is 23.9 Å². The van der Waals surface area contributed by atoms with Gasteiger partial charge in [-0.05, 0) is 99.3 Å². The number of rotatable bonds is 9. The Morgan fingerprint density at radius 3 is 2.22 bits per heavy atom. The third kappa shape index (κ3) is 8.12. The molecule has 0 amide bonds. The van der Waals surface area contributed by atoms with Crippen molar-refractivity contribution in [3.05, 3.63) is 76.9 Å². The van der Waals surface area contributed by atoms with Crippen molar-refractivity contribution in [3.63, 3.8) is 0 Å². The monoisotopic (exact) mass is 559 g/mol. The van der Waals surface area contributed by atoms with Gasteiger partial charge >= 0.3 is 19.1 Å². The van der Waals surface area contributed by atoms with Crippen molar-refractivity contribution < 1.29 is 33.5 Å². The molecule has 1 aliphatic rings. The fourth-order valence-corrected chi connectivity index (χ4v) is 4.72. The van der Waals surface area contributed by atoms with E-state index < -0.39 is 24.7 Å². The predicted molar refractivity (Wildman–Crippen MR) is 158 cm³/mol. The molecular weight excluding hydrogens is 521 g/mol. The maximum Gasteiger partial charge on any atom is 0.636 e. The second kappa shape index (κ2) is 12.8. The number of hydrogen-bond acceptors (Lipinski definition) is 8. The Hall–Kier alpha value is -3.82. The first-order chi connectivity index (χ1) is 19.4. The van der Waals surface area contributed by atoms with Crippen LogP contribution in [-0.4, -0.2) is 61.4 Å². The van der Waals surface area contributed by atoms with E-state index in [0.29, 0.717) is 30.8 Å². The number of benzene rings is 3. The molecule has 0 aromatic heterocycles. The molecule has 0 saturated carbocycles. The second-order valence-corrected chi connectivity index (χ2v) is 11.3. The summed E-state index contributed by atoms with van der Waals surface area (Å²) in [5, 5.41) is 9.99. The van der Waals surface area contributed by atoms with Crippen LogP contribution in [0.2, 0.25) is 0 Å². The number of ether oxygens (including phenoxy) is 2. The normalized spacial score (nSPS) is 14.7. The van der Waals surface area contributed by atoms with Gasteiger partial charge in [0, 0.05) is 11.9 Å². The Morgan fingerprint density at radius 1 is 0.927 bits per heavy atom. The lowest BCUT2D eigenvalue weighted by molar-refractivity contribution is -0.145. The number of carbonyl (C=O) groups is 2. The van der Waals surface area contributed by atoms with Gasteiger partial charge in [-0.25, -0.2) is 0 Å². The molecule has 3 aromatic rings. The molecule has 0 atom stereocenters. The van der Waals surface area contributed by atoms with Crippen LogP contribution in [0.5, 0.6) is 11.5 Å². The molecule has 216 valence electrons. The van der Waals surface area contributed by atoms with Crippen molar-refractivity contribution in [1.29, 1.82) is 0 Å². The van der Waals surface area contributed by atoms with Crippen LogP contribution in [0.3, 0.4) is 0 Å².